The molecule has 0 spiro atoms. The molecule has 0 aromatic heterocycles. The lowest BCUT2D eigenvalue weighted by molar-refractivity contribution is -0.136. The first-order chi connectivity index (χ1) is 7.41. The lowest BCUT2D eigenvalue weighted by Crippen LogP contribution is -2.09. The predicted octanol–water partition coefficient (Wildman–Crippen LogP) is 2.47. The summed E-state index contributed by atoms with van der Waals surface area (Å²) in [5, 5.41) is 7.95. The van der Waals surface area contributed by atoms with E-state index in [0.29, 0.717) is 16.0 Å². The fourth-order valence-corrected chi connectivity index (χ4v) is 1.82. The third-order valence-corrected chi connectivity index (χ3v) is 2.92. The number of hydrogen-bond donors (Lipinski definition) is 2. The molecule has 0 fully saturated rings. The molecule has 0 saturated heterocycles. The number of carboxylic acids is 1. The first-order valence-corrected chi connectivity index (χ1v) is 5.48. The van der Waals surface area contributed by atoms with Crippen molar-refractivity contribution in [1.29, 1.82) is 0 Å². The molecule has 1 unspecified atom stereocenters. The zero-order chi connectivity index (χ0) is 12.3. The third kappa shape index (κ3) is 3.25. The molecule has 0 aliphatic carbocycles. The molecule has 1 aromatic carbocycles. The summed E-state index contributed by atoms with van der Waals surface area (Å²) in [7, 11) is 0. The van der Waals surface area contributed by atoms with Crippen LogP contribution in [0.4, 0.5) is 0 Å². The van der Waals surface area contributed by atoms with Crippen LogP contribution in [-0.4, -0.2) is 16.9 Å². The smallest absolute Gasteiger partial charge is 0.307 e. The van der Waals surface area contributed by atoms with E-state index in [1.54, 1.807) is 18.2 Å². The summed E-state index contributed by atoms with van der Waals surface area (Å²) in [5.41, 5.74) is 1.06. The van der Waals surface area contributed by atoms with Crippen molar-refractivity contribution in [2.24, 2.45) is 0 Å². The standard InChI is InChI=1S/C11H11ClO3S/c1-6(13)11(12)9-3-2-8(16)4-7(9)5-10(14)15/h2-4,11,16H,5H2,1H3,(H,14,15). The number of benzene rings is 1. The molecule has 86 valence electrons. The molecular formula is C11H11ClO3S. The minimum absolute atomic E-state index is 0.166. The van der Waals surface area contributed by atoms with Gasteiger partial charge in [-0.05, 0) is 30.2 Å². The van der Waals surface area contributed by atoms with Gasteiger partial charge in [0.2, 0.25) is 0 Å². The summed E-state index contributed by atoms with van der Waals surface area (Å²) in [5.74, 6) is -1.17. The number of Topliss-reactive ketones (excluding diaryl/α,β-unsaturated/α-hetero) is 1. The molecule has 1 aromatic rings. The van der Waals surface area contributed by atoms with Gasteiger partial charge in [-0.3, -0.25) is 9.59 Å². The van der Waals surface area contributed by atoms with Gasteiger partial charge < -0.3 is 5.11 Å². The molecule has 0 aliphatic rings. The monoisotopic (exact) mass is 258 g/mol. The molecule has 0 heterocycles. The fourth-order valence-electron chi connectivity index (χ4n) is 1.37. The number of aliphatic carboxylic acids is 1. The molecule has 5 heteroatoms. The van der Waals surface area contributed by atoms with E-state index in [4.69, 9.17) is 16.7 Å². The highest BCUT2D eigenvalue weighted by atomic mass is 35.5. The van der Waals surface area contributed by atoms with Gasteiger partial charge in [-0.1, -0.05) is 6.07 Å². The van der Waals surface area contributed by atoms with Gasteiger partial charge in [0.05, 0.1) is 6.42 Å². The second-order valence-corrected chi connectivity index (χ2v) is 4.38. The Morgan fingerprint density at radius 2 is 2.12 bits per heavy atom. The highest BCUT2D eigenvalue weighted by Gasteiger charge is 2.18. The Morgan fingerprint density at radius 3 is 2.62 bits per heavy atom. The van der Waals surface area contributed by atoms with Gasteiger partial charge in [-0.2, -0.15) is 0 Å². The van der Waals surface area contributed by atoms with Crippen molar-refractivity contribution in [3.05, 3.63) is 29.3 Å². The maximum Gasteiger partial charge on any atom is 0.307 e. The van der Waals surface area contributed by atoms with Crippen molar-refractivity contribution in [2.75, 3.05) is 0 Å². The van der Waals surface area contributed by atoms with Crippen molar-refractivity contribution in [3.63, 3.8) is 0 Å². The SMILES string of the molecule is CC(=O)C(Cl)c1ccc(S)cc1CC(=O)O. The molecule has 1 rings (SSSR count). The van der Waals surface area contributed by atoms with Gasteiger partial charge in [0, 0.05) is 4.90 Å². The minimum Gasteiger partial charge on any atom is -0.481 e. The Balaban J connectivity index is 3.16. The average Bonchev–Trinajstić information content (AvgIpc) is 2.15. The summed E-state index contributed by atoms with van der Waals surface area (Å²) in [6, 6.07) is 4.94. The van der Waals surface area contributed by atoms with Crippen LogP contribution in [0.5, 0.6) is 0 Å². The molecule has 1 atom stereocenters. The number of alkyl halides is 1. The summed E-state index contributed by atoms with van der Waals surface area (Å²) >= 11 is 10.0. The van der Waals surface area contributed by atoms with Crippen LogP contribution in [0.2, 0.25) is 0 Å². The number of ketones is 1. The van der Waals surface area contributed by atoms with E-state index in [1.807, 2.05) is 0 Å². The first kappa shape index (κ1) is 13.1. The zero-order valence-electron chi connectivity index (χ0n) is 8.61. The Hall–Kier alpha value is -1.00. The maximum absolute atomic E-state index is 11.2. The van der Waals surface area contributed by atoms with E-state index in [9.17, 15) is 9.59 Å². The minimum atomic E-state index is -0.965. The number of rotatable bonds is 4. The molecule has 0 amide bonds. The molecular weight excluding hydrogens is 248 g/mol. The molecule has 0 saturated carbocycles. The highest BCUT2D eigenvalue weighted by Crippen LogP contribution is 2.27. The van der Waals surface area contributed by atoms with Crippen LogP contribution in [0, 0.1) is 0 Å². The van der Waals surface area contributed by atoms with Crippen LogP contribution >= 0.6 is 24.2 Å². The van der Waals surface area contributed by atoms with Gasteiger partial charge >= 0.3 is 5.97 Å². The summed E-state index contributed by atoms with van der Waals surface area (Å²) in [6.07, 6.45) is -0.166. The van der Waals surface area contributed by atoms with E-state index >= 15 is 0 Å². The maximum atomic E-state index is 11.2. The van der Waals surface area contributed by atoms with Crippen LogP contribution in [0.3, 0.4) is 0 Å². The lowest BCUT2D eigenvalue weighted by atomic mass is 10.00. The van der Waals surface area contributed by atoms with Crippen LogP contribution in [0.15, 0.2) is 23.1 Å². The Morgan fingerprint density at radius 1 is 1.50 bits per heavy atom. The number of hydrogen-bond acceptors (Lipinski definition) is 3. The zero-order valence-corrected chi connectivity index (χ0v) is 10.3. The van der Waals surface area contributed by atoms with E-state index in [2.05, 4.69) is 12.6 Å². The Bertz CT molecular complexity index is 431. The first-order valence-electron chi connectivity index (χ1n) is 4.60. The Labute approximate surface area is 104 Å². The van der Waals surface area contributed by atoms with E-state index in [0.717, 1.165) is 0 Å². The largest absolute Gasteiger partial charge is 0.481 e. The summed E-state index contributed by atoms with van der Waals surface area (Å²) in [6.45, 7) is 1.37. The topological polar surface area (TPSA) is 54.4 Å². The van der Waals surface area contributed by atoms with Crippen molar-refractivity contribution < 1.29 is 14.7 Å². The molecule has 16 heavy (non-hydrogen) atoms. The average molecular weight is 259 g/mol. The van der Waals surface area contributed by atoms with Gasteiger partial charge in [0.15, 0.2) is 5.78 Å². The lowest BCUT2D eigenvalue weighted by Gasteiger charge is -2.11. The number of carbonyl (C=O) groups is 2. The van der Waals surface area contributed by atoms with Crippen LogP contribution in [0.1, 0.15) is 23.4 Å². The number of carbonyl (C=O) groups excluding carboxylic acids is 1. The molecule has 3 nitrogen and oxygen atoms in total. The second kappa shape index (κ2) is 5.37. The normalized spacial score (nSPS) is 12.2. The van der Waals surface area contributed by atoms with E-state index in [-0.39, 0.29) is 12.2 Å². The Kier molecular flexibility index (Phi) is 4.38. The third-order valence-electron chi connectivity index (χ3n) is 2.10. The van der Waals surface area contributed by atoms with Gasteiger partial charge in [0.25, 0.3) is 0 Å². The van der Waals surface area contributed by atoms with Crippen molar-refractivity contribution >= 4 is 36.0 Å². The van der Waals surface area contributed by atoms with Crippen molar-refractivity contribution in [2.45, 2.75) is 23.6 Å². The van der Waals surface area contributed by atoms with Gasteiger partial charge in [-0.15, -0.1) is 24.2 Å². The predicted molar refractivity (Wildman–Crippen MR) is 64.3 cm³/mol. The number of carboxylic acid groups (broad SMARTS) is 1. The van der Waals surface area contributed by atoms with Crippen LogP contribution < -0.4 is 0 Å². The second-order valence-electron chi connectivity index (χ2n) is 3.43. The van der Waals surface area contributed by atoms with Crippen LogP contribution in [-0.2, 0) is 16.0 Å². The summed E-state index contributed by atoms with van der Waals surface area (Å²) in [4.78, 5) is 22.5. The van der Waals surface area contributed by atoms with Gasteiger partial charge in [0.1, 0.15) is 5.38 Å². The van der Waals surface area contributed by atoms with E-state index < -0.39 is 11.3 Å². The number of thiol groups is 1. The van der Waals surface area contributed by atoms with Crippen molar-refractivity contribution in [3.8, 4) is 0 Å². The van der Waals surface area contributed by atoms with Gasteiger partial charge in [-0.25, -0.2) is 0 Å². The quantitative estimate of drug-likeness (QED) is 0.644. The van der Waals surface area contributed by atoms with E-state index in [1.165, 1.54) is 6.92 Å². The van der Waals surface area contributed by atoms with Crippen molar-refractivity contribution in [1.82, 2.24) is 0 Å². The molecule has 0 radical (unpaired) electrons. The highest BCUT2D eigenvalue weighted by molar-refractivity contribution is 7.80. The molecule has 0 aliphatic heterocycles. The number of halogens is 1. The molecule has 0 bridgehead atoms. The molecule has 1 N–H and O–H groups in total. The fraction of sp³-hybridized carbons (Fsp3) is 0.273. The summed E-state index contributed by atoms with van der Waals surface area (Å²) < 4.78 is 0. The van der Waals surface area contributed by atoms with Crippen LogP contribution in [0.25, 0.3) is 0 Å².